The molecule has 1 fully saturated rings. The van der Waals surface area contributed by atoms with E-state index >= 15 is 0 Å². The maximum atomic E-state index is 12.3. The molecule has 1 saturated heterocycles. The van der Waals surface area contributed by atoms with Crippen LogP contribution in [0.2, 0.25) is 0 Å². The number of carbonyl (C=O) groups excluding carboxylic acids is 1. The van der Waals surface area contributed by atoms with E-state index in [9.17, 15) is 13.2 Å². The summed E-state index contributed by atoms with van der Waals surface area (Å²) in [6, 6.07) is 1.45. The molecule has 1 aliphatic rings. The monoisotopic (exact) mass is 305 g/mol. The molecule has 0 aromatic carbocycles. The van der Waals surface area contributed by atoms with Gasteiger partial charge in [0.1, 0.15) is 4.21 Å². The van der Waals surface area contributed by atoms with Crippen molar-refractivity contribution in [1.29, 1.82) is 0 Å². The second-order valence-electron chi connectivity index (χ2n) is 4.06. The predicted octanol–water partition coefficient (Wildman–Crippen LogP) is 0.403. The third-order valence-corrected chi connectivity index (χ3v) is 6.19. The number of carbonyl (C=O) groups is 1. The lowest BCUT2D eigenvalue weighted by Crippen LogP contribution is -2.50. The highest BCUT2D eigenvalue weighted by Crippen LogP contribution is 2.25. The zero-order valence-electron chi connectivity index (χ0n) is 10.4. The summed E-state index contributed by atoms with van der Waals surface area (Å²) in [5, 5.41) is 1.59. The Bertz CT molecular complexity index is 561. The number of nitrogens with zero attached hydrogens (tertiary/aromatic N) is 2. The standard InChI is InChI=1S/C10H15N3O4S2/c1-17-10(14)12-2-4-13(5-3-12)19(15,16)9-6-8(11)7-18-9/h6-7H,2-5,11H2,1H3. The Labute approximate surface area is 115 Å². The summed E-state index contributed by atoms with van der Waals surface area (Å²) in [4.78, 5) is 12.8. The largest absolute Gasteiger partial charge is 0.453 e. The Morgan fingerprint density at radius 2 is 2.00 bits per heavy atom. The van der Waals surface area contributed by atoms with Crippen LogP contribution in [0.1, 0.15) is 0 Å². The first-order valence-corrected chi connectivity index (χ1v) is 7.94. The number of sulfonamides is 1. The highest BCUT2D eigenvalue weighted by atomic mass is 32.2. The number of rotatable bonds is 2. The van der Waals surface area contributed by atoms with Gasteiger partial charge in [0.25, 0.3) is 10.0 Å². The minimum absolute atomic E-state index is 0.233. The molecule has 7 nitrogen and oxygen atoms in total. The molecule has 1 aliphatic heterocycles. The third-order valence-electron chi connectivity index (χ3n) is 2.86. The number of anilines is 1. The van der Waals surface area contributed by atoms with Crippen LogP contribution in [-0.2, 0) is 14.8 Å². The molecule has 9 heteroatoms. The van der Waals surface area contributed by atoms with Crippen LogP contribution in [-0.4, -0.2) is 57.0 Å². The van der Waals surface area contributed by atoms with Crippen molar-refractivity contribution in [1.82, 2.24) is 9.21 Å². The van der Waals surface area contributed by atoms with Crippen LogP contribution in [0.25, 0.3) is 0 Å². The number of nitrogen functional groups attached to an aromatic ring is 1. The first-order valence-electron chi connectivity index (χ1n) is 5.62. The van der Waals surface area contributed by atoms with Gasteiger partial charge in [-0.2, -0.15) is 4.31 Å². The number of piperazine rings is 1. The van der Waals surface area contributed by atoms with Gasteiger partial charge in [-0.1, -0.05) is 0 Å². The number of nitrogens with two attached hydrogens (primary N) is 1. The van der Waals surface area contributed by atoms with Gasteiger partial charge in [-0.15, -0.1) is 11.3 Å². The molecule has 2 rings (SSSR count). The van der Waals surface area contributed by atoms with Gasteiger partial charge in [0.05, 0.1) is 7.11 Å². The van der Waals surface area contributed by atoms with Crippen molar-refractivity contribution in [3.05, 3.63) is 11.4 Å². The average Bonchev–Trinajstić information content (AvgIpc) is 2.85. The molecule has 1 aromatic heterocycles. The van der Waals surface area contributed by atoms with Gasteiger partial charge in [-0.25, -0.2) is 13.2 Å². The maximum absolute atomic E-state index is 12.3. The van der Waals surface area contributed by atoms with E-state index < -0.39 is 16.1 Å². The fourth-order valence-corrected chi connectivity index (χ4v) is 4.49. The van der Waals surface area contributed by atoms with Gasteiger partial charge in [0.15, 0.2) is 0 Å². The van der Waals surface area contributed by atoms with Crippen molar-refractivity contribution in [2.75, 3.05) is 39.0 Å². The van der Waals surface area contributed by atoms with E-state index in [1.807, 2.05) is 0 Å². The highest BCUT2D eigenvalue weighted by Gasteiger charge is 2.31. The van der Waals surface area contributed by atoms with E-state index in [1.54, 1.807) is 5.38 Å². The number of thiophene rings is 1. The normalized spacial score (nSPS) is 17.4. The lowest BCUT2D eigenvalue weighted by atomic mass is 10.4. The molecule has 0 aliphatic carbocycles. The molecular formula is C10H15N3O4S2. The molecule has 0 radical (unpaired) electrons. The Morgan fingerprint density at radius 3 is 2.47 bits per heavy atom. The molecule has 2 N–H and O–H groups in total. The average molecular weight is 305 g/mol. The molecule has 106 valence electrons. The smallest absolute Gasteiger partial charge is 0.409 e. The molecule has 19 heavy (non-hydrogen) atoms. The zero-order valence-corrected chi connectivity index (χ0v) is 12.0. The van der Waals surface area contributed by atoms with Gasteiger partial charge in [-0.3, -0.25) is 0 Å². The van der Waals surface area contributed by atoms with E-state index in [2.05, 4.69) is 4.74 Å². The topological polar surface area (TPSA) is 92.9 Å². The number of methoxy groups -OCH3 is 1. The second kappa shape index (κ2) is 5.35. The Balaban J connectivity index is 2.07. The maximum Gasteiger partial charge on any atom is 0.409 e. The summed E-state index contributed by atoms with van der Waals surface area (Å²) in [5.41, 5.74) is 5.98. The second-order valence-corrected chi connectivity index (χ2v) is 7.14. The Kier molecular flexibility index (Phi) is 3.97. The molecule has 0 saturated carbocycles. The van der Waals surface area contributed by atoms with Crippen molar-refractivity contribution in [3.63, 3.8) is 0 Å². The van der Waals surface area contributed by atoms with Crippen molar-refractivity contribution >= 4 is 33.1 Å². The van der Waals surface area contributed by atoms with Crippen molar-refractivity contribution in [2.45, 2.75) is 4.21 Å². The number of hydrogen-bond acceptors (Lipinski definition) is 6. The predicted molar refractivity (Wildman–Crippen MR) is 71.5 cm³/mol. The lowest BCUT2D eigenvalue weighted by molar-refractivity contribution is 0.108. The quantitative estimate of drug-likeness (QED) is 0.854. The van der Waals surface area contributed by atoms with Crippen LogP contribution in [0.5, 0.6) is 0 Å². The van der Waals surface area contributed by atoms with Crippen LogP contribution in [0.3, 0.4) is 0 Å². The molecular weight excluding hydrogens is 290 g/mol. The lowest BCUT2D eigenvalue weighted by Gasteiger charge is -2.32. The third kappa shape index (κ3) is 2.82. The number of ether oxygens (including phenoxy) is 1. The SMILES string of the molecule is COC(=O)N1CCN(S(=O)(=O)c2cc(N)cs2)CC1. The first kappa shape index (κ1) is 14.1. The molecule has 1 aromatic rings. The number of amides is 1. The van der Waals surface area contributed by atoms with Crippen molar-refractivity contribution in [2.24, 2.45) is 0 Å². The molecule has 1 amide bonds. The van der Waals surface area contributed by atoms with Crippen LogP contribution < -0.4 is 5.73 Å². The molecule has 0 unspecified atom stereocenters. The molecule has 2 heterocycles. The minimum atomic E-state index is -3.50. The Morgan fingerprint density at radius 1 is 1.37 bits per heavy atom. The summed E-state index contributed by atoms with van der Waals surface area (Å²) in [5.74, 6) is 0. The van der Waals surface area contributed by atoms with Crippen molar-refractivity contribution in [3.8, 4) is 0 Å². The van der Waals surface area contributed by atoms with Gasteiger partial charge in [-0.05, 0) is 6.07 Å². The van der Waals surface area contributed by atoms with E-state index in [0.29, 0.717) is 18.8 Å². The van der Waals surface area contributed by atoms with Gasteiger partial charge in [0.2, 0.25) is 0 Å². The van der Waals surface area contributed by atoms with E-state index in [4.69, 9.17) is 5.73 Å². The van der Waals surface area contributed by atoms with Crippen LogP contribution in [0, 0.1) is 0 Å². The summed E-state index contributed by atoms with van der Waals surface area (Å²) >= 11 is 1.10. The Hall–Kier alpha value is -1.32. The summed E-state index contributed by atoms with van der Waals surface area (Å²) in [7, 11) is -2.20. The van der Waals surface area contributed by atoms with E-state index in [-0.39, 0.29) is 17.3 Å². The van der Waals surface area contributed by atoms with Crippen LogP contribution in [0.4, 0.5) is 10.5 Å². The summed E-state index contributed by atoms with van der Waals surface area (Å²) in [6.45, 7) is 1.17. The van der Waals surface area contributed by atoms with Gasteiger partial charge in [0, 0.05) is 37.2 Å². The molecule has 0 bridgehead atoms. The van der Waals surface area contributed by atoms with E-state index in [0.717, 1.165) is 11.3 Å². The van der Waals surface area contributed by atoms with Gasteiger partial charge >= 0.3 is 6.09 Å². The van der Waals surface area contributed by atoms with Crippen molar-refractivity contribution < 1.29 is 17.9 Å². The van der Waals surface area contributed by atoms with Crippen LogP contribution in [0.15, 0.2) is 15.7 Å². The minimum Gasteiger partial charge on any atom is -0.453 e. The van der Waals surface area contributed by atoms with Gasteiger partial charge < -0.3 is 15.4 Å². The molecule has 0 spiro atoms. The summed E-state index contributed by atoms with van der Waals surface area (Å²) < 4.78 is 30.8. The first-order chi connectivity index (χ1) is 8.95. The fraction of sp³-hybridized carbons (Fsp3) is 0.500. The summed E-state index contributed by atoms with van der Waals surface area (Å²) in [6.07, 6.45) is -0.433. The van der Waals surface area contributed by atoms with E-state index in [1.165, 1.54) is 22.4 Å². The number of hydrogen-bond donors (Lipinski definition) is 1. The highest BCUT2D eigenvalue weighted by molar-refractivity contribution is 7.91. The zero-order chi connectivity index (χ0) is 14.0. The fourth-order valence-electron chi connectivity index (χ4n) is 1.83. The van der Waals surface area contributed by atoms with Crippen LogP contribution >= 0.6 is 11.3 Å². The molecule has 0 atom stereocenters.